The Balaban J connectivity index is 1.64. The summed E-state index contributed by atoms with van der Waals surface area (Å²) in [6.07, 6.45) is 1.77. The lowest BCUT2D eigenvalue weighted by Gasteiger charge is -2.40. The maximum atomic E-state index is 13.7. The van der Waals surface area contributed by atoms with Crippen molar-refractivity contribution in [1.29, 1.82) is 0 Å². The van der Waals surface area contributed by atoms with Gasteiger partial charge in [0.05, 0.1) is 15.6 Å². The van der Waals surface area contributed by atoms with Crippen LogP contribution in [0.15, 0.2) is 23.0 Å². The third kappa shape index (κ3) is 3.59. The largest absolute Gasteiger partial charge is 0.383 e. The van der Waals surface area contributed by atoms with Gasteiger partial charge in [-0.2, -0.15) is 4.98 Å². The van der Waals surface area contributed by atoms with E-state index in [9.17, 15) is 13.6 Å². The topological polar surface area (TPSA) is 64.2 Å². The first kappa shape index (κ1) is 20.4. The van der Waals surface area contributed by atoms with Gasteiger partial charge in [-0.15, -0.1) is 0 Å². The van der Waals surface area contributed by atoms with Gasteiger partial charge < -0.3 is 10.6 Å². The number of alkyl halides is 2. The van der Waals surface area contributed by atoms with E-state index in [0.29, 0.717) is 48.9 Å². The monoisotopic (exact) mass is 442 g/mol. The summed E-state index contributed by atoms with van der Waals surface area (Å²) in [5.41, 5.74) is 6.15. The zero-order valence-electron chi connectivity index (χ0n) is 16.0. The summed E-state index contributed by atoms with van der Waals surface area (Å²) in [6, 6.07) is 5.00. The molecular weight excluding hydrogens is 421 g/mol. The van der Waals surface area contributed by atoms with Crippen molar-refractivity contribution in [1.82, 2.24) is 9.55 Å². The Bertz CT molecular complexity index is 1020. The fourth-order valence-electron chi connectivity index (χ4n) is 4.62. The minimum absolute atomic E-state index is 0.0359. The summed E-state index contributed by atoms with van der Waals surface area (Å²) in [6.45, 7) is 1.13. The van der Waals surface area contributed by atoms with Crippen molar-refractivity contribution >= 4 is 35.0 Å². The van der Waals surface area contributed by atoms with Crippen molar-refractivity contribution in [2.24, 2.45) is 12.5 Å². The predicted molar refractivity (Wildman–Crippen MR) is 112 cm³/mol. The first-order chi connectivity index (χ1) is 13.6. The molecule has 2 N–H and O–H groups in total. The number of anilines is 2. The number of nitrogens with zero attached hydrogens (tertiary/aromatic N) is 3. The third-order valence-corrected chi connectivity index (χ3v) is 7.10. The molecule has 1 aliphatic carbocycles. The summed E-state index contributed by atoms with van der Waals surface area (Å²) in [4.78, 5) is 19.5. The Morgan fingerprint density at radius 1 is 1.14 bits per heavy atom. The summed E-state index contributed by atoms with van der Waals surface area (Å²) in [5.74, 6) is -2.05. The van der Waals surface area contributed by atoms with Crippen LogP contribution < -0.4 is 16.2 Å². The number of hydrogen-bond acceptors (Lipinski definition) is 4. The zero-order valence-corrected chi connectivity index (χ0v) is 17.5. The van der Waals surface area contributed by atoms with Crippen molar-refractivity contribution < 1.29 is 8.78 Å². The molecule has 0 unspecified atom stereocenters. The molecule has 2 aliphatic rings. The number of benzene rings is 1. The molecule has 4 rings (SSSR count). The van der Waals surface area contributed by atoms with Crippen molar-refractivity contribution in [2.45, 2.75) is 38.0 Å². The number of nitrogens with two attached hydrogens (primary N) is 1. The highest BCUT2D eigenvalue weighted by molar-refractivity contribution is 6.43. The number of hydrogen-bond donors (Lipinski definition) is 1. The Morgan fingerprint density at radius 2 is 1.83 bits per heavy atom. The van der Waals surface area contributed by atoms with Crippen LogP contribution in [0.25, 0.3) is 11.1 Å². The number of aromatic nitrogens is 2. The van der Waals surface area contributed by atoms with Crippen LogP contribution in [0, 0.1) is 5.41 Å². The van der Waals surface area contributed by atoms with Crippen molar-refractivity contribution in [3.8, 4) is 11.1 Å². The normalized spacial score (nSPS) is 20.4. The molecule has 0 atom stereocenters. The molecule has 0 bridgehead atoms. The van der Waals surface area contributed by atoms with E-state index in [2.05, 4.69) is 4.98 Å². The van der Waals surface area contributed by atoms with E-state index in [-0.39, 0.29) is 40.2 Å². The molecule has 1 spiro atoms. The van der Waals surface area contributed by atoms with Gasteiger partial charge in [-0.3, -0.25) is 9.36 Å². The first-order valence-electron chi connectivity index (χ1n) is 9.56. The predicted octanol–water partition coefficient (Wildman–Crippen LogP) is 4.74. The fourth-order valence-corrected chi connectivity index (χ4v) is 5.02. The quantitative estimate of drug-likeness (QED) is 0.728. The van der Waals surface area contributed by atoms with Gasteiger partial charge in [-0.1, -0.05) is 35.3 Å². The molecule has 29 heavy (non-hydrogen) atoms. The zero-order chi connectivity index (χ0) is 21.0. The molecule has 1 aromatic carbocycles. The molecule has 2 heterocycles. The Morgan fingerprint density at radius 3 is 2.45 bits per heavy atom. The van der Waals surface area contributed by atoms with Gasteiger partial charge in [0.2, 0.25) is 11.9 Å². The van der Waals surface area contributed by atoms with Gasteiger partial charge in [-0.05, 0) is 30.7 Å². The Hall–Kier alpha value is -1.86. The van der Waals surface area contributed by atoms with Crippen LogP contribution in [0.4, 0.5) is 20.5 Å². The van der Waals surface area contributed by atoms with Crippen LogP contribution in [0.2, 0.25) is 10.0 Å². The molecule has 156 valence electrons. The second-order valence-electron chi connectivity index (χ2n) is 8.16. The lowest BCUT2D eigenvalue weighted by atomic mass is 9.77. The van der Waals surface area contributed by atoms with Crippen LogP contribution in [-0.4, -0.2) is 28.6 Å². The van der Waals surface area contributed by atoms with Crippen LogP contribution >= 0.6 is 23.2 Å². The van der Waals surface area contributed by atoms with E-state index < -0.39 is 5.92 Å². The smallest absolute Gasteiger partial charge is 0.264 e. The van der Waals surface area contributed by atoms with E-state index in [0.717, 1.165) is 0 Å². The van der Waals surface area contributed by atoms with Crippen LogP contribution in [-0.2, 0) is 7.05 Å². The highest BCUT2D eigenvalue weighted by Gasteiger charge is 2.50. The minimum atomic E-state index is -2.56. The minimum Gasteiger partial charge on any atom is -0.383 e. The highest BCUT2D eigenvalue weighted by atomic mass is 35.5. The van der Waals surface area contributed by atoms with E-state index in [1.54, 1.807) is 25.2 Å². The molecule has 0 amide bonds. The molecule has 1 aliphatic heterocycles. The van der Waals surface area contributed by atoms with Gasteiger partial charge in [-0.25, -0.2) is 8.78 Å². The number of halogens is 4. The summed E-state index contributed by atoms with van der Waals surface area (Å²) < 4.78 is 28.9. The lowest BCUT2D eigenvalue weighted by molar-refractivity contribution is -0.00685. The number of rotatable bonds is 2. The van der Waals surface area contributed by atoms with Gasteiger partial charge in [0.25, 0.3) is 5.56 Å². The van der Waals surface area contributed by atoms with Gasteiger partial charge in [0.15, 0.2) is 0 Å². The molecule has 2 aromatic rings. The second-order valence-corrected chi connectivity index (χ2v) is 8.94. The molecule has 1 saturated heterocycles. The summed E-state index contributed by atoms with van der Waals surface area (Å²) in [7, 11) is 1.63. The fraction of sp³-hybridized carbons (Fsp3) is 0.500. The standard InChI is InChI=1S/C20H22Cl2F2N4O/c1-27-17(29)14(12-3-2-4-13(21)15(12)22)16(25)26-18(27)28-9-7-19(8-10-28)5-6-20(23,24)11-19/h2-4H,5-11,25H2,1H3. The number of nitrogen functional groups attached to an aromatic ring is 1. The van der Waals surface area contributed by atoms with E-state index in [1.165, 1.54) is 4.57 Å². The molecule has 2 fully saturated rings. The summed E-state index contributed by atoms with van der Waals surface area (Å²) >= 11 is 12.3. The van der Waals surface area contributed by atoms with E-state index >= 15 is 0 Å². The second kappa shape index (κ2) is 7.13. The lowest BCUT2D eigenvalue weighted by Crippen LogP contribution is -2.42. The van der Waals surface area contributed by atoms with Gasteiger partial charge >= 0.3 is 0 Å². The molecule has 1 saturated carbocycles. The average Bonchev–Trinajstić information content (AvgIpc) is 2.97. The highest BCUT2D eigenvalue weighted by Crippen LogP contribution is 2.53. The maximum Gasteiger partial charge on any atom is 0.264 e. The molecular formula is C20H22Cl2F2N4O. The SMILES string of the molecule is Cn1c(N2CCC3(CC2)CCC(F)(F)C3)nc(N)c(-c2cccc(Cl)c2Cl)c1=O. The summed E-state index contributed by atoms with van der Waals surface area (Å²) in [5, 5.41) is 0.569. The molecule has 1 aromatic heterocycles. The average molecular weight is 443 g/mol. The van der Waals surface area contributed by atoms with Gasteiger partial charge in [0.1, 0.15) is 5.82 Å². The Labute approximate surface area is 177 Å². The van der Waals surface area contributed by atoms with Gasteiger partial charge in [0, 0.05) is 38.5 Å². The van der Waals surface area contributed by atoms with Crippen molar-refractivity contribution in [3.63, 3.8) is 0 Å². The molecule has 9 heteroatoms. The van der Waals surface area contributed by atoms with Crippen LogP contribution in [0.3, 0.4) is 0 Å². The van der Waals surface area contributed by atoms with Crippen molar-refractivity contribution in [3.05, 3.63) is 38.6 Å². The van der Waals surface area contributed by atoms with Crippen molar-refractivity contribution in [2.75, 3.05) is 23.7 Å². The van der Waals surface area contributed by atoms with E-state index in [4.69, 9.17) is 28.9 Å². The first-order valence-corrected chi connectivity index (χ1v) is 10.3. The van der Waals surface area contributed by atoms with Crippen LogP contribution in [0.5, 0.6) is 0 Å². The third-order valence-electron chi connectivity index (χ3n) is 6.28. The molecule has 5 nitrogen and oxygen atoms in total. The van der Waals surface area contributed by atoms with Crippen LogP contribution in [0.1, 0.15) is 32.1 Å². The molecule has 0 radical (unpaired) electrons. The Kier molecular flexibility index (Phi) is 5.02. The maximum absolute atomic E-state index is 13.7. The van der Waals surface area contributed by atoms with E-state index in [1.807, 2.05) is 4.90 Å². The number of piperidine rings is 1.